The van der Waals surface area contributed by atoms with E-state index in [0.29, 0.717) is 50.3 Å². The van der Waals surface area contributed by atoms with E-state index in [4.69, 9.17) is 4.74 Å². The molecule has 2 aliphatic heterocycles. The van der Waals surface area contributed by atoms with E-state index < -0.39 is 10.8 Å². The molecule has 0 radical (unpaired) electrons. The monoisotopic (exact) mass is 1450 g/mol. The molecule has 0 aromatic heterocycles. The van der Waals surface area contributed by atoms with Gasteiger partial charge in [0.2, 0.25) is 0 Å². The highest BCUT2D eigenvalue weighted by Gasteiger charge is 2.45. The van der Waals surface area contributed by atoms with Gasteiger partial charge in [-0.15, -0.1) is 0 Å². The first-order valence-corrected chi connectivity index (χ1v) is 41.6. The molecule has 10 aromatic carbocycles. The van der Waals surface area contributed by atoms with Gasteiger partial charge in [-0.2, -0.15) is 0 Å². The highest BCUT2D eigenvalue weighted by molar-refractivity contribution is 6.45. The maximum absolute atomic E-state index is 16.0. The molecule has 0 fully saturated rings. The minimum absolute atomic E-state index is 0.223. The molecule has 568 valence electrons. The predicted molar refractivity (Wildman–Crippen MR) is 464 cm³/mol. The highest BCUT2D eigenvalue weighted by atomic mass is 16.5. The summed E-state index contributed by atoms with van der Waals surface area (Å²) in [7, 11) is 0. The zero-order valence-corrected chi connectivity index (χ0v) is 69.3. The Morgan fingerprint density at radius 2 is 0.835 bits per heavy atom. The van der Waals surface area contributed by atoms with Crippen molar-refractivity contribution in [1.29, 1.82) is 0 Å². The van der Waals surface area contributed by atoms with Crippen LogP contribution in [0.3, 0.4) is 0 Å². The summed E-state index contributed by atoms with van der Waals surface area (Å²) in [5.74, 6) is 0.0482. The summed E-state index contributed by atoms with van der Waals surface area (Å²) in [4.78, 5) is 65.5. The van der Waals surface area contributed by atoms with Crippen LogP contribution in [0.4, 0.5) is 11.4 Å². The second kappa shape index (κ2) is 30.7. The molecule has 0 saturated heterocycles. The number of benzene rings is 10. The van der Waals surface area contributed by atoms with Crippen molar-refractivity contribution in [2.75, 3.05) is 16.4 Å². The van der Waals surface area contributed by atoms with Crippen molar-refractivity contribution in [3.8, 4) is 28.0 Å². The first kappa shape index (κ1) is 78.2. The molecule has 0 saturated carbocycles. The Morgan fingerprint density at radius 3 is 1.30 bits per heavy atom. The number of fused-ring (bicyclic) bond motifs is 5. The van der Waals surface area contributed by atoms with Gasteiger partial charge in [-0.1, -0.05) is 292 Å². The summed E-state index contributed by atoms with van der Waals surface area (Å²) in [6.07, 6.45) is 30.5. The Bertz CT molecular complexity index is 5140. The van der Waals surface area contributed by atoms with Gasteiger partial charge >= 0.3 is 0 Å². The molecule has 4 amide bonds. The molecule has 109 heavy (non-hydrogen) atoms. The van der Waals surface area contributed by atoms with Crippen LogP contribution in [-0.4, -0.2) is 30.2 Å². The van der Waals surface area contributed by atoms with E-state index in [1.807, 2.05) is 48.5 Å². The summed E-state index contributed by atoms with van der Waals surface area (Å²) in [5.41, 5.74) is 19.0. The number of nitrogens with zero attached hydrogens (tertiary/aromatic N) is 2. The Hall–Kier alpha value is -8.94. The Balaban J connectivity index is 0.901. The number of carbonyl (C=O) groups is 4. The van der Waals surface area contributed by atoms with Crippen molar-refractivity contribution in [3.63, 3.8) is 0 Å². The van der Waals surface area contributed by atoms with E-state index in [0.717, 1.165) is 121 Å². The zero-order chi connectivity index (χ0) is 78.0. The van der Waals surface area contributed by atoms with Crippen molar-refractivity contribution in [3.05, 3.63) is 211 Å². The lowest BCUT2D eigenvalue weighted by molar-refractivity contribution is 0.0877. The Morgan fingerprint density at radius 1 is 0.394 bits per heavy atom. The summed E-state index contributed by atoms with van der Waals surface area (Å²) >= 11 is 0. The smallest absolute Gasteiger partial charge is 0.265 e. The molecular formula is C102H120N2O5. The quantitative estimate of drug-likeness (QED) is 0.0168. The number of anilines is 2. The van der Waals surface area contributed by atoms with Gasteiger partial charge < -0.3 is 4.74 Å². The van der Waals surface area contributed by atoms with E-state index in [1.165, 1.54) is 132 Å². The molecule has 0 spiro atoms. The average Bonchev–Trinajstić information content (AvgIpc) is 1.31. The standard InChI is InChI=1S/C102H120N2O5/c1-20-25-28-30-32-34-52-102(53-35-33-31-29-26-21-2)83-56-66(38-40-67-58-89(69(36-23-4)54-63(67)6)109-62-65(24-5)37-27-22-3)39-42-70(83)71-43-41-68(57-84(71)102)80-59-86(101(17,18)19)88(61-82(80)99(11,12)13)104-96(107)78-50-46-74-72-44-48-76-92-77(49-45-73(90(72)92)75-47-51-79(97(104)108)93(78)91(74)75)95(106)103(94(76)105)87-60-81(98(8,9)10)64(7)55-85(87)100(14,15)16/h23,36,38-51,54-61,65H,20-22,24-35,37,52-53,62H2,1-19H3/b36-23+,40-38+. The lowest BCUT2D eigenvalue weighted by Gasteiger charge is -2.36. The van der Waals surface area contributed by atoms with Crippen LogP contribution >= 0.6 is 0 Å². The number of hydrogen-bond donors (Lipinski definition) is 0. The molecule has 3 aliphatic rings. The van der Waals surface area contributed by atoms with Crippen LogP contribution < -0.4 is 14.5 Å². The fourth-order valence-corrected chi connectivity index (χ4v) is 18.7. The van der Waals surface area contributed by atoms with E-state index in [1.54, 1.807) is 0 Å². The normalized spacial score (nSPS) is 14.9. The van der Waals surface area contributed by atoms with Crippen molar-refractivity contribution in [2.45, 2.75) is 274 Å². The van der Waals surface area contributed by atoms with E-state index in [-0.39, 0.29) is 39.9 Å². The second-order valence-electron chi connectivity index (χ2n) is 36.6. The number of amides is 4. The lowest BCUT2D eigenvalue weighted by Crippen LogP contribution is -2.42. The van der Waals surface area contributed by atoms with E-state index >= 15 is 19.2 Å². The number of ether oxygens (including phenoxy) is 1. The van der Waals surface area contributed by atoms with Gasteiger partial charge in [0.1, 0.15) is 5.75 Å². The fourth-order valence-electron chi connectivity index (χ4n) is 18.7. The summed E-state index contributed by atoms with van der Waals surface area (Å²) in [6, 6.07) is 43.5. The second-order valence-corrected chi connectivity index (χ2v) is 36.6. The number of aryl methyl sites for hydroxylation is 2. The first-order chi connectivity index (χ1) is 51.9. The van der Waals surface area contributed by atoms with Gasteiger partial charge in [0, 0.05) is 44.0 Å². The van der Waals surface area contributed by atoms with Crippen molar-refractivity contribution < 1.29 is 23.9 Å². The molecule has 0 bridgehead atoms. The molecule has 1 aliphatic carbocycles. The van der Waals surface area contributed by atoms with Crippen LogP contribution in [0.2, 0.25) is 0 Å². The number of imide groups is 2. The molecule has 7 heteroatoms. The predicted octanol–water partition coefficient (Wildman–Crippen LogP) is 28.4. The molecular weight excluding hydrogens is 1330 g/mol. The Labute approximate surface area is 651 Å². The van der Waals surface area contributed by atoms with E-state index in [9.17, 15) is 0 Å². The summed E-state index contributed by atoms with van der Waals surface area (Å²) < 4.78 is 6.74. The van der Waals surface area contributed by atoms with Gasteiger partial charge in [0.15, 0.2) is 0 Å². The minimum Gasteiger partial charge on any atom is -0.493 e. The van der Waals surface area contributed by atoms with Crippen LogP contribution in [-0.2, 0) is 27.1 Å². The van der Waals surface area contributed by atoms with Crippen LogP contribution in [0.5, 0.6) is 5.75 Å². The maximum atomic E-state index is 16.0. The van der Waals surface area contributed by atoms with Crippen LogP contribution in [0.25, 0.3) is 83.6 Å². The topological polar surface area (TPSA) is 84.0 Å². The van der Waals surface area contributed by atoms with Crippen LogP contribution in [0, 0.1) is 19.8 Å². The highest BCUT2D eigenvalue weighted by Crippen LogP contribution is 2.57. The van der Waals surface area contributed by atoms with Gasteiger partial charge in [-0.05, 0) is 238 Å². The number of rotatable bonds is 27. The molecule has 10 aromatic rings. The average molecular weight is 1450 g/mol. The van der Waals surface area contributed by atoms with Crippen molar-refractivity contribution >= 4 is 96.3 Å². The lowest BCUT2D eigenvalue weighted by atomic mass is 9.69. The summed E-state index contributed by atoms with van der Waals surface area (Å²) in [6.45, 7) is 42.6. The van der Waals surface area contributed by atoms with Crippen LogP contribution in [0.15, 0.2) is 127 Å². The fraction of sp³-hybridized carbons (Fsp3) is 0.431. The van der Waals surface area contributed by atoms with Crippen LogP contribution in [0.1, 0.15) is 336 Å². The molecule has 2 heterocycles. The molecule has 1 atom stereocenters. The molecule has 7 nitrogen and oxygen atoms in total. The summed E-state index contributed by atoms with van der Waals surface area (Å²) in [5, 5.41) is 6.33. The number of unbranched alkanes of at least 4 members (excludes halogenated alkanes) is 11. The largest absolute Gasteiger partial charge is 0.493 e. The number of carbonyl (C=O) groups excluding carboxylic acids is 4. The zero-order valence-electron chi connectivity index (χ0n) is 69.3. The van der Waals surface area contributed by atoms with Crippen molar-refractivity contribution in [1.82, 2.24) is 0 Å². The Kier molecular flexibility index (Phi) is 22.0. The van der Waals surface area contributed by atoms with Gasteiger partial charge in [-0.25, -0.2) is 9.80 Å². The number of allylic oxidation sites excluding steroid dienone is 1. The van der Waals surface area contributed by atoms with Gasteiger partial charge in [-0.3, -0.25) is 19.2 Å². The SMILES string of the molecule is C/C=C/c1cc(C)c(/C=C/c2ccc3c(c2)C(CCCCCCCC)(CCCCCCCC)c2cc(-c4cc(C(C)(C)C)c(N5C(=O)c6ccc7c8ccc9c%10c(ccc(c%11ccc(c6c7%11)C5=O)c%108)C(=O)N(c5cc(C(C)(C)C)c(C)cc5C(C)(C)C)C9=O)cc4C(C)(C)C)ccc2-3)cc1OCC(CC)CCCC. The maximum Gasteiger partial charge on any atom is 0.265 e. The van der Waals surface area contributed by atoms with E-state index in [2.05, 4.69) is 229 Å². The molecule has 13 rings (SSSR count). The van der Waals surface area contributed by atoms with Crippen molar-refractivity contribution in [2.24, 2.45) is 5.92 Å². The van der Waals surface area contributed by atoms with Gasteiger partial charge in [0.25, 0.3) is 23.6 Å². The number of hydrogen-bond acceptors (Lipinski definition) is 5. The minimum atomic E-state index is -0.512. The third-order valence-corrected chi connectivity index (χ3v) is 24.7. The molecule has 0 N–H and O–H groups in total. The molecule has 1 unspecified atom stereocenters. The first-order valence-electron chi connectivity index (χ1n) is 41.6. The van der Waals surface area contributed by atoms with Gasteiger partial charge in [0.05, 0.1) is 18.0 Å². The third-order valence-electron chi connectivity index (χ3n) is 24.7. The third kappa shape index (κ3) is 14.5.